The van der Waals surface area contributed by atoms with Gasteiger partial charge in [0.2, 0.25) is 5.91 Å². The van der Waals surface area contributed by atoms with E-state index in [0.29, 0.717) is 20.7 Å². The molecule has 0 bridgehead atoms. The molecule has 1 aliphatic rings. The summed E-state index contributed by atoms with van der Waals surface area (Å²) in [5.74, 6) is -0.259. The largest absolute Gasteiger partial charge is 0.349 e. The summed E-state index contributed by atoms with van der Waals surface area (Å²) in [6.07, 6.45) is 4.54. The molecule has 1 aliphatic heterocycles. The van der Waals surface area contributed by atoms with Crippen LogP contribution in [0.2, 0.25) is 0 Å². The van der Waals surface area contributed by atoms with E-state index in [0.717, 1.165) is 25.8 Å². The van der Waals surface area contributed by atoms with Gasteiger partial charge in [0.1, 0.15) is 11.4 Å². The minimum atomic E-state index is -0.268. The highest BCUT2D eigenvalue weighted by atomic mass is 32.1. The van der Waals surface area contributed by atoms with E-state index in [9.17, 15) is 14.4 Å². The Labute approximate surface area is 162 Å². The summed E-state index contributed by atoms with van der Waals surface area (Å²) in [6.45, 7) is 8.30. The van der Waals surface area contributed by atoms with E-state index in [-0.39, 0.29) is 36.0 Å². The molecular weight excluding hydrogens is 364 g/mol. The molecule has 2 aromatic rings. The fourth-order valence-corrected chi connectivity index (χ4v) is 4.56. The second kappa shape index (κ2) is 7.80. The molecule has 27 heavy (non-hydrogen) atoms. The standard InChI is InChI=1S/C19H26N4O3S/c1-11(2)21-17(25)16-13(4)15-18(27-16)20-10-22(19(15)26)9-14(24)23-8-6-5-7-12(23)3/h10-12H,5-9H2,1-4H3,(H,21,25). The van der Waals surface area contributed by atoms with E-state index in [1.165, 1.54) is 22.2 Å². The molecule has 0 radical (unpaired) electrons. The van der Waals surface area contributed by atoms with Gasteiger partial charge in [-0.25, -0.2) is 4.98 Å². The Morgan fingerprint density at radius 1 is 1.37 bits per heavy atom. The molecule has 2 amide bonds. The number of fused-ring (bicyclic) bond motifs is 1. The van der Waals surface area contributed by atoms with E-state index in [1.54, 1.807) is 6.92 Å². The lowest BCUT2D eigenvalue weighted by Gasteiger charge is -2.33. The van der Waals surface area contributed by atoms with Crippen LogP contribution in [0.4, 0.5) is 0 Å². The average molecular weight is 391 g/mol. The summed E-state index contributed by atoms with van der Waals surface area (Å²) in [6, 6.07) is 0.212. The SMILES string of the molecule is Cc1c(C(=O)NC(C)C)sc2ncn(CC(=O)N3CCCCC3C)c(=O)c12. The number of hydrogen-bond acceptors (Lipinski definition) is 5. The summed E-state index contributed by atoms with van der Waals surface area (Å²) in [5, 5.41) is 3.28. The number of aromatic nitrogens is 2. The van der Waals surface area contributed by atoms with Crippen molar-refractivity contribution in [3.8, 4) is 0 Å². The van der Waals surface area contributed by atoms with Crippen LogP contribution in [0, 0.1) is 6.92 Å². The number of thiophene rings is 1. The number of carbonyl (C=O) groups is 2. The van der Waals surface area contributed by atoms with Crippen LogP contribution in [-0.4, -0.2) is 44.9 Å². The van der Waals surface area contributed by atoms with E-state index < -0.39 is 0 Å². The van der Waals surface area contributed by atoms with Crippen molar-refractivity contribution >= 4 is 33.4 Å². The van der Waals surface area contributed by atoms with Crippen molar-refractivity contribution in [2.75, 3.05) is 6.54 Å². The molecule has 0 aliphatic carbocycles. The fraction of sp³-hybridized carbons (Fsp3) is 0.579. The van der Waals surface area contributed by atoms with Gasteiger partial charge < -0.3 is 10.2 Å². The Balaban J connectivity index is 1.91. The smallest absolute Gasteiger partial charge is 0.262 e. The molecule has 0 spiro atoms. The van der Waals surface area contributed by atoms with Crippen molar-refractivity contribution in [3.63, 3.8) is 0 Å². The average Bonchev–Trinajstić information content (AvgIpc) is 2.94. The van der Waals surface area contributed by atoms with Crippen molar-refractivity contribution < 1.29 is 9.59 Å². The predicted octanol–water partition coefficient (Wildman–Crippen LogP) is 2.31. The van der Waals surface area contributed by atoms with Crippen LogP contribution in [0.25, 0.3) is 10.2 Å². The van der Waals surface area contributed by atoms with E-state index in [1.807, 2.05) is 25.7 Å². The number of carbonyl (C=O) groups excluding carboxylic acids is 2. The Bertz CT molecular complexity index is 931. The molecule has 7 nitrogen and oxygen atoms in total. The van der Waals surface area contributed by atoms with E-state index >= 15 is 0 Å². The Morgan fingerprint density at radius 2 is 2.11 bits per heavy atom. The minimum absolute atomic E-state index is 0.0101. The molecule has 3 rings (SSSR count). The molecule has 1 saturated heterocycles. The summed E-state index contributed by atoms with van der Waals surface area (Å²) in [5.41, 5.74) is 0.356. The predicted molar refractivity (Wildman–Crippen MR) is 106 cm³/mol. The molecule has 0 aromatic carbocycles. The van der Waals surface area contributed by atoms with Crippen LogP contribution in [0.1, 0.15) is 55.3 Å². The molecule has 1 unspecified atom stereocenters. The second-order valence-electron chi connectivity index (χ2n) is 7.47. The fourth-order valence-electron chi connectivity index (χ4n) is 3.52. The first-order chi connectivity index (χ1) is 12.8. The van der Waals surface area contributed by atoms with Gasteiger partial charge in [-0.05, 0) is 52.5 Å². The van der Waals surface area contributed by atoms with Gasteiger partial charge in [0.15, 0.2) is 0 Å². The van der Waals surface area contributed by atoms with Gasteiger partial charge in [-0.1, -0.05) is 0 Å². The molecular formula is C19H26N4O3S. The zero-order valence-electron chi connectivity index (χ0n) is 16.2. The molecule has 146 valence electrons. The van der Waals surface area contributed by atoms with Crippen molar-refractivity contribution in [2.45, 2.75) is 65.6 Å². The van der Waals surface area contributed by atoms with Gasteiger partial charge in [0, 0.05) is 18.6 Å². The first-order valence-electron chi connectivity index (χ1n) is 9.38. The highest BCUT2D eigenvalue weighted by Gasteiger charge is 2.25. The number of nitrogens with one attached hydrogen (secondary N) is 1. The van der Waals surface area contributed by atoms with E-state index in [4.69, 9.17) is 0 Å². The van der Waals surface area contributed by atoms with Crippen LogP contribution in [0.15, 0.2) is 11.1 Å². The van der Waals surface area contributed by atoms with Gasteiger partial charge in [0.25, 0.3) is 11.5 Å². The third-order valence-electron chi connectivity index (χ3n) is 4.97. The van der Waals surface area contributed by atoms with Gasteiger partial charge in [0.05, 0.1) is 16.6 Å². The molecule has 1 N–H and O–H groups in total. The molecule has 2 aromatic heterocycles. The van der Waals surface area contributed by atoms with Crippen molar-refractivity contribution in [2.24, 2.45) is 0 Å². The highest BCUT2D eigenvalue weighted by molar-refractivity contribution is 7.20. The lowest BCUT2D eigenvalue weighted by molar-refractivity contribution is -0.135. The lowest BCUT2D eigenvalue weighted by Crippen LogP contribution is -2.44. The third kappa shape index (κ3) is 3.90. The molecule has 1 atom stereocenters. The quantitative estimate of drug-likeness (QED) is 0.868. The molecule has 8 heteroatoms. The Morgan fingerprint density at radius 3 is 2.78 bits per heavy atom. The summed E-state index contributed by atoms with van der Waals surface area (Å²) < 4.78 is 1.36. The zero-order chi connectivity index (χ0) is 19.7. The maximum absolute atomic E-state index is 12.9. The number of nitrogens with zero attached hydrogens (tertiary/aromatic N) is 3. The molecule has 3 heterocycles. The van der Waals surface area contributed by atoms with Crippen molar-refractivity contribution in [1.29, 1.82) is 0 Å². The van der Waals surface area contributed by atoms with Crippen LogP contribution in [0.3, 0.4) is 0 Å². The Kier molecular flexibility index (Phi) is 5.64. The number of likely N-dealkylation sites (tertiary alicyclic amines) is 1. The monoisotopic (exact) mass is 390 g/mol. The molecule has 1 fully saturated rings. The topological polar surface area (TPSA) is 84.3 Å². The highest BCUT2D eigenvalue weighted by Crippen LogP contribution is 2.27. The maximum Gasteiger partial charge on any atom is 0.262 e. The second-order valence-corrected chi connectivity index (χ2v) is 8.47. The van der Waals surface area contributed by atoms with Gasteiger partial charge >= 0.3 is 0 Å². The summed E-state index contributed by atoms with van der Waals surface area (Å²) >= 11 is 1.21. The molecule has 0 saturated carbocycles. The van der Waals surface area contributed by atoms with Crippen LogP contribution in [0.5, 0.6) is 0 Å². The van der Waals surface area contributed by atoms with Gasteiger partial charge in [-0.3, -0.25) is 19.0 Å². The van der Waals surface area contributed by atoms with Crippen LogP contribution >= 0.6 is 11.3 Å². The number of hydrogen-bond donors (Lipinski definition) is 1. The summed E-state index contributed by atoms with van der Waals surface area (Å²) in [4.78, 5) is 45.2. The lowest BCUT2D eigenvalue weighted by atomic mass is 10.0. The van der Waals surface area contributed by atoms with E-state index in [2.05, 4.69) is 10.3 Å². The first-order valence-corrected chi connectivity index (χ1v) is 10.2. The number of piperidine rings is 1. The Hall–Kier alpha value is -2.22. The normalized spacial score (nSPS) is 17.5. The van der Waals surface area contributed by atoms with Crippen molar-refractivity contribution in [1.82, 2.24) is 19.8 Å². The number of rotatable bonds is 4. The number of amides is 2. The zero-order valence-corrected chi connectivity index (χ0v) is 17.1. The van der Waals surface area contributed by atoms with Crippen molar-refractivity contribution in [3.05, 3.63) is 27.1 Å². The first kappa shape index (κ1) is 19.5. The van der Waals surface area contributed by atoms with Gasteiger partial charge in [-0.15, -0.1) is 11.3 Å². The van der Waals surface area contributed by atoms with Crippen LogP contribution in [-0.2, 0) is 11.3 Å². The van der Waals surface area contributed by atoms with Crippen LogP contribution < -0.4 is 10.9 Å². The number of aryl methyl sites for hydroxylation is 1. The minimum Gasteiger partial charge on any atom is -0.349 e. The van der Waals surface area contributed by atoms with Gasteiger partial charge in [-0.2, -0.15) is 0 Å². The third-order valence-corrected chi connectivity index (χ3v) is 6.17. The maximum atomic E-state index is 12.9. The summed E-state index contributed by atoms with van der Waals surface area (Å²) in [7, 11) is 0.